The van der Waals surface area contributed by atoms with Crippen molar-refractivity contribution in [1.82, 2.24) is 10.6 Å². The second kappa shape index (κ2) is 17.8. The summed E-state index contributed by atoms with van der Waals surface area (Å²) >= 11 is 0. The van der Waals surface area contributed by atoms with E-state index in [9.17, 15) is 24.9 Å². The molecule has 4 saturated carbocycles. The van der Waals surface area contributed by atoms with E-state index in [-0.39, 0.29) is 41.7 Å². The molecule has 0 aromatic rings. The van der Waals surface area contributed by atoms with Crippen LogP contribution in [0, 0.1) is 70.5 Å². The summed E-state index contributed by atoms with van der Waals surface area (Å²) in [6, 6.07) is 0. The summed E-state index contributed by atoms with van der Waals surface area (Å²) in [5.74, 6) is 5.78. The Kier molecular flexibility index (Phi) is 15.1. The predicted octanol–water partition coefficient (Wildman–Crippen LogP) is 5.54. The van der Waals surface area contributed by atoms with Gasteiger partial charge in [-0.15, -0.1) is 12.3 Å². The SMILES string of the molecule is C#CCC(C)(C)CCC(C)C.CC(=O)NC(CN)NC(=O)/C=C/CCC(C)C1CCC2C1CCC1C2C(O)C(O)C2CC(O)CCC21C. The lowest BCUT2D eigenvalue weighted by atomic mass is 9.45. The molecule has 0 aromatic carbocycles. The third-order valence-electron chi connectivity index (χ3n) is 12.8. The number of carbonyl (C=O) groups is 2. The maximum Gasteiger partial charge on any atom is 0.245 e. The van der Waals surface area contributed by atoms with Gasteiger partial charge >= 0.3 is 0 Å². The average molecular weight is 672 g/mol. The summed E-state index contributed by atoms with van der Waals surface area (Å²) in [6.07, 6.45) is 18.5. The summed E-state index contributed by atoms with van der Waals surface area (Å²) in [7, 11) is 0. The van der Waals surface area contributed by atoms with Crippen molar-refractivity contribution in [2.45, 2.75) is 150 Å². The van der Waals surface area contributed by atoms with Crippen LogP contribution in [-0.2, 0) is 9.59 Å². The van der Waals surface area contributed by atoms with Gasteiger partial charge in [0.1, 0.15) is 6.17 Å². The first-order valence-corrected chi connectivity index (χ1v) is 19.0. The predicted molar refractivity (Wildman–Crippen MR) is 193 cm³/mol. The van der Waals surface area contributed by atoms with Crippen LogP contribution in [0.1, 0.15) is 126 Å². The van der Waals surface area contributed by atoms with Crippen molar-refractivity contribution in [3.05, 3.63) is 12.2 Å². The highest BCUT2D eigenvalue weighted by atomic mass is 16.3. The number of nitrogens with one attached hydrogen (secondary N) is 2. The van der Waals surface area contributed by atoms with Gasteiger partial charge in [-0.2, -0.15) is 0 Å². The lowest BCUT2D eigenvalue weighted by Gasteiger charge is -2.61. The highest BCUT2D eigenvalue weighted by Gasteiger charge is 2.62. The highest BCUT2D eigenvalue weighted by Crippen LogP contribution is 2.64. The van der Waals surface area contributed by atoms with E-state index in [1.165, 1.54) is 38.7 Å². The van der Waals surface area contributed by atoms with Gasteiger partial charge in [0, 0.05) is 19.9 Å². The fourth-order valence-corrected chi connectivity index (χ4v) is 10.1. The number of aliphatic hydroxyl groups is 3. The van der Waals surface area contributed by atoms with Crippen LogP contribution >= 0.6 is 0 Å². The molecule has 0 saturated heterocycles. The molecule has 0 heterocycles. The molecule has 12 atom stereocenters. The standard InChI is InChI=1S/C29H49N3O5.C11H20/c1-16(6-4-5-7-25(35)32-24(15-30)31-17(2)33)19-8-9-21-20(19)10-11-22-26(21)28(37)27(36)23-14-18(34)12-13-29(22,23)3;1-6-8-11(4,5)9-7-10(2)3/h5,7,16,18-24,26-28,34,36-37H,4,6,8-15,30H2,1-3H3,(H,31,33)(H,32,35);1,10H,7-9H2,2-5H3/b7-5+;. The zero-order chi connectivity index (χ0) is 35.8. The number of carbonyl (C=O) groups excluding carboxylic acids is 2. The molecule has 7 N–H and O–H groups in total. The quantitative estimate of drug-likeness (QED) is 0.0914. The van der Waals surface area contributed by atoms with Gasteiger partial charge < -0.3 is 31.7 Å². The van der Waals surface area contributed by atoms with Crippen LogP contribution in [0.4, 0.5) is 0 Å². The largest absolute Gasteiger partial charge is 0.393 e. The van der Waals surface area contributed by atoms with Crippen molar-refractivity contribution in [3.8, 4) is 12.3 Å². The second-order valence-corrected chi connectivity index (χ2v) is 17.3. The van der Waals surface area contributed by atoms with Gasteiger partial charge in [-0.3, -0.25) is 9.59 Å². The van der Waals surface area contributed by atoms with E-state index >= 15 is 0 Å². The molecule has 12 unspecified atom stereocenters. The highest BCUT2D eigenvalue weighted by molar-refractivity contribution is 5.88. The van der Waals surface area contributed by atoms with Crippen molar-refractivity contribution in [2.24, 2.45) is 63.9 Å². The Morgan fingerprint density at radius 2 is 1.69 bits per heavy atom. The number of hydrogen-bond acceptors (Lipinski definition) is 6. The van der Waals surface area contributed by atoms with Crippen molar-refractivity contribution in [1.29, 1.82) is 0 Å². The van der Waals surface area contributed by atoms with Gasteiger partial charge in [-0.1, -0.05) is 54.0 Å². The summed E-state index contributed by atoms with van der Waals surface area (Å²) in [5, 5.41) is 38.1. The van der Waals surface area contributed by atoms with E-state index in [4.69, 9.17) is 12.2 Å². The Hall–Kier alpha value is -1.92. The molecule has 48 heavy (non-hydrogen) atoms. The zero-order valence-electron chi connectivity index (χ0n) is 31.1. The van der Waals surface area contributed by atoms with Gasteiger partial charge in [0.15, 0.2) is 0 Å². The van der Waals surface area contributed by atoms with Crippen molar-refractivity contribution in [3.63, 3.8) is 0 Å². The topological polar surface area (TPSA) is 145 Å². The molecule has 8 nitrogen and oxygen atoms in total. The fraction of sp³-hybridized carbons (Fsp3) is 0.850. The number of amides is 2. The van der Waals surface area contributed by atoms with Crippen LogP contribution in [0.25, 0.3) is 0 Å². The number of hydrogen-bond donors (Lipinski definition) is 6. The van der Waals surface area contributed by atoms with Crippen molar-refractivity contribution in [2.75, 3.05) is 6.54 Å². The molecular weight excluding hydrogens is 602 g/mol. The number of aliphatic hydroxyl groups excluding tert-OH is 3. The zero-order valence-corrected chi connectivity index (χ0v) is 31.1. The number of fused-ring (bicyclic) bond motifs is 5. The van der Waals surface area contributed by atoms with Crippen LogP contribution in [0.3, 0.4) is 0 Å². The minimum atomic E-state index is -0.739. The van der Waals surface area contributed by atoms with Crippen molar-refractivity contribution < 1.29 is 24.9 Å². The number of allylic oxidation sites excluding steroid dienone is 1. The Balaban J connectivity index is 0.000000488. The number of terminal acetylenes is 1. The first kappa shape index (κ1) is 40.5. The molecule has 0 aromatic heterocycles. The molecule has 274 valence electrons. The molecule has 4 rings (SSSR count). The molecule has 0 radical (unpaired) electrons. The van der Waals surface area contributed by atoms with E-state index in [1.807, 2.05) is 6.08 Å². The van der Waals surface area contributed by atoms with Crippen LogP contribution in [-0.4, -0.2) is 58.2 Å². The Labute approximate surface area is 291 Å². The monoisotopic (exact) mass is 672 g/mol. The van der Waals surface area contributed by atoms with Gasteiger partial charge in [-0.25, -0.2) is 0 Å². The molecule has 4 fully saturated rings. The maximum absolute atomic E-state index is 12.2. The first-order chi connectivity index (χ1) is 22.5. The fourth-order valence-electron chi connectivity index (χ4n) is 10.1. The minimum absolute atomic E-state index is 0.00539. The van der Waals surface area contributed by atoms with Crippen LogP contribution in [0.15, 0.2) is 12.2 Å². The van der Waals surface area contributed by atoms with Crippen molar-refractivity contribution >= 4 is 11.8 Å². The van der Waals surface area contributed by atoms with Crippen LogP contribution in [0.2, 0.25) is 0 Å². The molecule has 0 bridgehead atoms. The molecule has 0 aliphatic heterocycles. The van der Waals surface area contributed by atoms with E-state index in [0.29, 0.717) is 41.4 Å². The second-order valence-electron chi connectivity index (χ2n) is 17.3. The lowest BCUT2D eigenvalue weighted by molar-refractivity contribution is -0.213. The third-order valence-corrected chi connectivity index (χ3v) is 12.8. The minimum Gasteiger partial charge on any atom is -0.393 e. The summed E-state index contributed by atoms with van der Waals surface area (Å²) in [4.78, 5) is 23.3. The molecule has 8 heteroatoms. The Morgan fingerprint density at radius 1 is 1.00 bits per heavy atom. The Bertz CT molecular complexity index is 1120. The first-order valence-electron chi connectivity index (χ1n) is 19.0. The summed E-state index contributed by atoms with van der Waals surface area (Å²) in [6.45, 7) is 15.2. The van der Waals surface area contributed by atoms with E-state index in [1.54, 1.807) is 0 Å². The van der Waals surface area contributed by atoms with E-state index in [0.717, 1.165) is 50.9 Å². The summed E-state index contributed by atoms with van der Waals surface area (Å²) < 4.78 is 0. The number of rotatable bonds is 12. The number of nitrogens with two attached hydrogens (primary N) is 1. The van der Waals surface area contributed by atoms with Gasteiger partial charge in [0.25, 0.3) is 0 Å². The van der Waals surface area contributed by atoms with Crippen LogP contribution < -0.4 is 16.4 Å². The molecule has 4 aliphatic carbocycles. The Morgan fingerprint density at radius 3 is 2.31 bits per heavy atom. The normalized spacial score (nSPS) is 35.7. The average Bonchev–Trinajstić information content (AvgIpc) is 3.46. The third kappa shape index (κ3) is 10.3. The smallest absolute Gasteiger partial charge is 0.245 e. The molecule has 2 amide bonds. The van der Waals surface area contributed by atoms with Gasteiger partial charge in [0.2, 0.25) is 11.8 Å². The molecular formula is C40H69N3O5. The lowest BCUT2D eigenvalue weighted by Crippen LogP contribution is -2.63. The van der Waals surface area contributed by atoms with E-state index < -0.39 is 18.4 Å². The molecule has 0 spiro atoms. The van der Waals surface area contributed by atoms with Gasteiger partial charge in [0.05, 0.1) is 18.3 Å². The van der Waals surface area contributed by atoms with E-state index in [2.05, 4.69) is 58.1 Å². The van der Waals surface area contributed by atoms with Crippen LogP contribution in [0.5, 0.6) is 0 Å². The van der Waals surface area contributed by atoms with Gasteiger partial charge in [-0.05, 0) is 128 Å². The summed E-state index contributed by atoms with van der Waals surface area (Å²) in [5.41, 5.74) is 5.95. The maximum atomic E-state index is 12.2. The molecule has 4 aliphatic rings.